The summed E-state index contributed by atoms with van der Waals surface area (Å²) in [6.07, 6.45) is 5.12. The van der Waals surface area contributed by atoms with Gasteiger partial charge < -0.3 is 15.2 Å². The predicted molar refractivity (Wildman–Crippen MR) is 117 cm³/mol. The molecule has 4 rings (SSSR count). The Morgan fingerprint density at radius 3 is 2.70 bits per heavy atom. The number of ether oxygens (including phenoxy) is 1. The van der Waals surface area contributed by atoms with E-state index in [1.54, 1.807) is 18.2 Å². The van der Waals surface area contributed by atoms with Crippen LogP contribution in [0.2, 0.25) is 0 Å². The topological polar surface area (TPSA) is 79.6 Å². The van der Waals surface area contributed by atoms with Gasteiger partial charge in [0.25, 0.3) is 5.91 Å². The fraction of sp³-hybridized carbons (Fsp3) is 0.652. The van der Waals surface area contributed by atoms with Crippen LogP contribution < -0.4 is 5.32 Å². The first kappa shape index (κ1) is 21.1. The Labute approximate surface area is 178 Å². The zero-order valence-corrected chi connectivity index (χ0v) is 18.3. The summed E-state index contributed by atoms with van der Waals surface area (Å²) in [6.45, 7) is 9.00. The molecule has 7 heteroatoms. The second-order valence-electron chi connectivity index (χ2n) is 8.83. The first-order chi connectivity index (χ1) is 14.5. The van der Waals surface area contributed by atoms with Crippen molar-refractivity contribution in [3.63, 3.8) is 0 Å². The van der Waals surface area contributed by atoms with Gasteiger partial charge in [-0.2, -0.15) is 5.10 Å². The molecule has 2 aromatic rings. The van der Waals surface area contributed by atoms with Crippen LogP contribution in [0.3, 0.4) is 0 Å². The molecule has 2 fully saturated rings. The molecule has 2 aliphatic rings. The molecule has 0 radical (unpaired) electrons. The molecule has 3 heterocycles. The lowest BCUT2D eigenvalue weighted by Gasteiger charge is -2.48. The van der Waals surface area contributed by atoms with Crippen LogP contribution >= 0.6 is 0 Å². The van der Waals surface area contributed by atoms with E-state index in [0.29, 0.717) is 17.8 Å². The van der Waals surface area contributed by atoms with E-state index >= 15 is 0 Å². The third-order valence-corrected chi connectivity index (χ3v) is 6.69. The first-order valence-corrected chi connectivity index (χ1v) is 11.4. The number of carbonyl (C=O) groups excluding carboxylic acids is 1. The number of nitrogens with zero attached hydrogens (tertiary/aromatic N) is 3. The quantitative estimate of drug-likeness (QED) is 0.725. The van der Waals surface area contributed by atoms with Crippen molar-refractivity contribution in [2.45, 2.75) is 77.0 Å². The number of piperidine rings is 1. The number of phenols is 1. The van der Waals surface area contributed by atoms with Crippen molar-refractivity contribution >= 4 is 16.8 Å². The molecule has 2 bridgehead atoms. The SMILES string of the molecule is CCCCN1[C@@H]2COC[C@@H]1CC(NC(=O)c1nn(C(C)CC)c3cc(O)ccc13)C2. The summed E-state index contributed by atoms with van der Waals surface area (Å²) in [7, 11) is 0. The highest BCUT2D eigenvalue weighted by atomic mass is 16.5. The molecule has 2 N–H and O–H groups in total. The van der Waals surface area contributed by atoms with Gasteiger partial charge in [-0.25, -0.2) is 0 Å². The summed E-state index contributed by atoms with van der Waals surface area (Å²) < 4.78 is 7.66. The van der Waals surface area contributed by atoms with Crippen LogP contribution in [0.5, 0.6) is 5.75 Å². The highest BCUT2D eigenvalue weighted by molar-refractivity contribution is 6.05. The molecule has 164 valence electrons. The number of unbranched alkanes of at least 4 members (excludes halogenated alkanes) is 1. The number of nitrogens with one attached hydrogen (secondary N) is 1. The average molecular weight is 415 g/mol. The number of aromatic hydroxyl groups is 1. The Balaban J connectivity index is 1.53. The lowest BCUT2D eigenvalue weighted by molar-refractivity contribution is -0.0802. The van der Waals surface area contributed by atoms with Crippen LogP contribution in [0.4, 0.5) is 0 Å². The van der Waals surface area contributed by atoms with Crippen molar-refractivity contribution in [2.75, 3.05) is 19.8 Å². The highest BCUT2D eigenvalue weighted by Crippen LogP contribution is 2.30. The van der Waals surface area contributed by atoms with Crippen LogP contribution in [0.15, 0.2) is 18.2 Å². The van der Waals surface area contributed by atoms with E-state index in [1.807, 2.05) is 4.68 Å². The van der Waals surface area contributed by atoms with Crippen molar-refractivity contribution in [3.8, 4) is 5.75 Å². The van der Waals surface area contributed by atoms with Gasteiger partial charge in [0.2, 0.25) is 0 Å². The number of hydrogen-bond acceptors (Lipinski definition) is 5. The summed E-state index contributed by atoms with van der Waals surface area (Å²) in [4.78, 5) is 15.8. The van der Waals surface area contributed by atoms with Gasteiger partial charge in [0, 0.05) is 35.6 Å². The largest absolute Gasteiger partial charge is 0.508 e. The van der Waals surface area contributed by atoms with Crippen molar-refractivity contribution in [3.05, 3.63) is 23.9 Å². The summed E-state index contributed by atoms with van der Waals surface area (Å²) in [5.41, 5.74) is 1.24. The van der Waals surface area contributed by atoms with Crippen molar-refractivity contribution < 1.29 is 14.6 Å². The van der Waals surface area contributed by atoms with Crippen molar-refractivity contribution in [1.29, 1.82) is 0 Å². The molecular weight excluding hydrogens is 380 g/mol. The molecule has 1 unspecified atom stereocenters. The number of amides is 1. The molecule has 0 spiro atoms. The van der Waals surface area contributed by atoms with Crippen LogP contribution in [0, 0.1) is 0 Å². The molecule has 0 aliphatic carbocycles. The second-order valence-corrected chi connectivity index (χ2v) is 8.83. The molecule has 1 aromatic carbocycles. The number of aromatic nitrogens is 2. The Bertz CT molecular complexity index is 882. The molecule has 1 amide bonds. The Morgan fingerprint density at radius 2 is 2.03 bits per heavy atom. The number of fused-ring (bicyclic) bond motifs is 3. The summed E-state index contributed by atoms with van der Waals surface area (Å²) in [5, 5.41) is 18.6. The zero-order valence-electron chi connectivity index (χ0n) is 18.3. The van der Waals surface area contributed by atoms with E-state index in [9.17, 15) is 9.90 Å². The minimum absolute atomic E-state index is 0.126. The van der Waals surface area contributed by atoms with Gasteiger partial charge in [-0.1, -0.05) is 20.3 Å². The van der Waals surface area contributed by atoms with Gasteiger partial charge in [0.1, 0.15) is 5.75 Å². The lowest BCUT2D eigenvalue weighted by Crippen LogP contribution is -2.60. The number of morpholine rings is 1. The fourth-order valence-corrected chi connectivity index (χ4v) is 4.87. The van der Waals surface area contributed by atoms with E-state index in [0.717, 1.165) is 49.9 Å². The van der Waals surface area contributed by atoms with Gasteiger partial charge in [0.05, 0.1) is 18.7 Å². The maximum atomic E-state index is 13.2. The van der Waals surface area contributed by atoms with E-state index in [1.165, 1.54) is 12.8 Å². The number of rotatable bonds is 7. The maximum Gasteiger partial charge on any atom is 0.272 e. The molecule has 1 aromatic heterocycles. The summed E-state index contributed by atoms with van der Waals surface area (Å²) >= 11 is 0. The van der Waals surface area contributed by atoms with Crippen LogP contribution in [-0.2, 0) is 4.74 Å². The minimum atomic E-state index is -0.126. The van der Waals surface area contributed by atoms with Crippen LogP contribution in [0.1, 0.15) is 69.4 Å². The number of phenolic OH excluding ortho intramolecular Hbond substituents is 1. The molecule has 0 saturated carbocycles. The monoisotopic (exact) mass is 414 g/mol. The standard InChI is InChI=1S/C23H34N4O3/c1-4-6-9-26-17-10-16(11-18(26)14-30-13-17)24-23(29)22-20-8-7-19(28)12-21(20)27(25-22)15(3)5-2/h7-8,12,15-18,28H,4-6,9-11,13-14H2,1-3H3,(H,24,29)/t15?,17-,18-/m0/s1. The third kappa shape index (κ3) is 4.05. The summed E-state index contributed by atoms with van der Waals surface area (Å²) in [6, 6.07) is 6.14. The molecule has 7 nitrogen and oxygen atoms in total. The van der Waals surface area contributed by atoms with Gasteiger partial charge in [0.15, 0.2) is 5.69 Å². The van der Waals surface area contributed by atoms with Crippen LogP contribution in [0.25, 0.3) is 10.9 Å². The van der Waals surface area contributed by atoms with E-state index in [2.05, 4.69) is 36.1 Å². The molecular formula is C23H34N4O3. The Hall–Kier alpha value is -2.12. The normalized spacial score (nSPS) is 25.4. The Kier molecular flexibility index (Phi) is 6.29. The second kappa shape index (κ2) is 8.94. The van der Waals surface area contributed by atoms with Gasteiger partial charge in [-0.15, -0.1) is 0 Å². The lowest BCUT2D eigenvalue weighted by atomic mass is 9.89. The average Bonchev–Trinajstić information content (AvgIpc) is 3.10. The van der Waals surface area contributed by atoms with Crippen molar-refractivity contribution in [1.82, 2.24) is 20.0 Å². The van der Waals surface area contributed by atoms with E-state index in [-0.39, 0.29) is 23.7 Å². The maximum absolute atomic E-state index is 13.2. The fourth-order valence-electron chi connectivity index (χ4n) is 4.87. The number of carbonyl (C=O) groups is 1. The smallest absolute Gasteiger partial charge is 0.272 e. The molecule has 30 heavy (non-hydrogen) atoms. The molecule has 2 aliphatic heterocycles. The molecule has 3 atom stereocenters. The van der Waals surface area contributed by atoms with Gasteiger partial charge in [-0.3, -0.25) is 14.4 Å². The van der Waals surface area contributed by atoms with Crippen molar-refractivity contribution in [2.24, 2.45) is 0 Å². The van der Waals surface area contributed by atoms with Gasteiger partial charge >= 0.3 is 0 Å². The van der Waals surface area contributed by atoms with Crippen LogP contribution in [-0.4, -0.2) is 63.6 Å². The van der Waals surface area contributed by atoms with E-state index in [4.69, 9.17) is 4.74 Å². The summed E-state index contributed by atoms with van der Waals surface area (Å²) in [5.74, 6) is 0.0601. The molecule has 2 saturated heterocycles. The minimum Gasteiger partial charge on any atom is -0.508 e. The highest BCUT2D eigenvalue weighted by Gasteiger charge is 2.39. The zero-order chi connectivity index (χ0) is 21.3. The Morgan fingerprint density at radius 1 is 1.30 bits per heavy atom. The van der Waals surface area contributed by atoms with Gasteiger partial charge in [-0.05, 0) is 51.3 Å². The first-order valence-electron chi connectivity index (χ1n) is 11.4. The predicted octanol–water partition coefficient (Wildman–Crippen LogP) is 3.47. The number of hydrogen-bond donors (Lipinski definition) is 2. The number of benzene rings is 1. The van der Waals surface area contributed by atoms with E-state index < -0.39 is 0 Å². The third-order valence-electron chi connectivity index (χ3n) is 6.69.